The molecule has 0 atom stereocenters. The van der Waals surface area contributed by atoms with Crippen molar-refractivity contribution in [2.24, 2.45) is 4.99 Å². The first-order valence-electron chi connectivity index (χ1n) is 12.1. The fourth-order valence-corrected chi connectivity index (χ4v) is 3.65. The van der Waals surface area contributed by atoms with Crippen LogP contribution in [0, 0.1) is 11.3 Å². The van der Waals surface area contributed by atoms with E-state index in [1.165, 1.54) is 10.5 Å². The number of nitrogens with zero attached hydrogens (tertiary/aromatic N) is 4. The molecule has 35 heavy (non-hydrogen) atoms. The van der Waals surface area contributed by atoms with Gasteiger partial charge in [-0.15, -0.1) is 0 Å². The summed E-state index contributed by atoms with van der Waals surface area (Å²) in [6.07, 6.45) is 8.74. The van der Waals surface area contributed by atoms with Crippen LogP contribution in [0.2, 0.25) is 0 Å². The van der Waals surface area contributed by atoms with Gasteiger partial charge in [-0.1, -0.05) is 74.0 Å². The van der Waals surface area contributed by atoms with Gasteiger partial charge in [0.25, 0.3) is 5.91 Å². The molecule has 0 unspecified atom stereocenters. The molecule has 0 radical (unpaired) electrons. The van der Waals surface area contributed by atoms with E-state index in [-0.39, 0.29) is 5.91 Å². The molecule has 0 N–H and O–H groups in total. The largest absolute Gasteiger partial charge is 0.345 e. The predicted molar refractivity (Wildman–Crippen MR) is 155 cm³/mol. The maximum absolute atomic E-state index is 12.2. The van der Waals surface area contributed by atoms with E-state index >= 15 is 0 Å². The van der Waals surface area contributed by atoms with Gasteiger partial charge in [-0.2, -0.15) is 5.26 Å². The van der Waals surface area contributed by atoms with E-state index < -0.39 is 0 Å². The Morgan fingerprint density at radius 1 is 1.29 bits per heavy atom. The second kappa shape index (κ2) is 17.7. The van der Waals surface area contributed by atoms with Gasteiger partial charge in [0.2, 0.25) is 0 Å². The van der Waals surface area contributed by atoms with E-state index in [9.17, 15) is 10.1 Å². The quantitative estimate of drug-likeness (QED) is 0.279. The van der Waals surface area contributed by atoms with E-state index in [0.29, 0.717) is 11.1 Å². The first-order chi connectivity index (χ1) is 16.8. The van der Waals surface area contributed by atoms with Crippen molar-refractivity contribution in [1.82, 2.24) is 9.80 Å². The number of allylic oxidation sites excluding steroid dienone is 4. The Morgan fingerprint density at radius 3 is 2.46 bits per heavy atom. The van der Waals surface area contributed by atoms with Crippen LogP contribution in [0.25, 0.3) is 5.57 Å². The van der Waals surface area contributed by atoms with Crippen LogP contribution in [0.4, 0.5) is 0 Å². The van der Waals surface area contributed by atoms with Crippen molar-refractivity contribution < 1.29 is 4.79 Å². The molecule has 0 bridgehead atoms. The molecule has 0 saturated carbocycles. The zero-order chi connectivity index (χ0) is 27.0. The Balaban J connectivity index is 0.00000274. The highest BCUT2D eigenvalue weighted by Gasteiger charge is 2.17. The average Bonchev–Trinajstić information content (AvgIpc) is 2.89. The number of rotatable bonds is 7. The average molecular weight is 542 g/mol. The summed E-state index contributed by atoms with van der Waals surface area (Å²) in [5, 5.41) is 9.60. The third kappa shape index (κ3) is 10.6. The Morgan fingerprint density at radius 2 is 1.94 bits per heavy atom. The van der Waals surface area contributed by atoms with E-state index in [1.807, 2.05) is 39.8 Å². The third-order valence-electron chi connectivity index (χ3n) is 5.00. The highest BCUT2D eigenvalue weighted by atomic mass is 79.9. The van der Waals surface area contributed by atoms with Gasteiger partial charge in [-0.3, -0.25) is 14.7 Å². The van der Waals surface area contributed by atoms with Crippen LogP contribution in [0.3, 0.4) is 0 Å². The van der Waals surface area contributed by atoms with E-state index in [1.54, 1.807) is 39.5 Å². The summed E-state index contributed by atoms with van der Waals surface area (Å²) in [6, 6.07) is 7.65. The van der Waals surface area contributed by atoms with E-state index in [4.69, 9.17) is 0 Å². The smallest absolute Gasteiger partial charge is 0.253 e. The lowest BCUT2D eigenvalue weighted by Crippen LogP contribution is -2.30. The molecule has 6 heteroatoms. The maximum Gasteiger partial charge on any atom is 0.253 e. The van der Waals surface area contributed by atoms with Crippen molar-refractivity contribution in [3.63, 3.8) is 0 Å². The van der Waals surface area contributed by atoms with Crippen LogP contribution in [0.15, 0.2) is 63.6 Å². The minimum absolute atomic E-state index is 0.0980. The van der Waals surface area contributed by atoms with Gasteiger partial charge >= 0.3 is 0 Å². The summed E-state index contributed by atoms with van der Waals surface area (Å²) in [5.41, 5.74) is 5.31. The topological polar surface area (TPSA) is 59.7 Å². The van der Waals surface area contributed by atoms with Crippen LogP contribution >= 0.6 is 15.9 Å². The van der Waals surface area contributed by atoms with Gasteiger partial charge in [0.05, 0.1) is 11.6 Å². The number of benzene rings is 1. The molecule has 1 aromatic rings. The second-order valence-electron chi connectivity index (χ2n) is 7.72. The van der Waals surface area contributed by atoms with Crippen LogP contribution < -0.4 is 0 Å². The highest BCUT2D eigenvalue weighted by molar-refractivity contribution is 9.12. The van der Waals surface area contributed by atoms with Crippen LogP contribution in [0.1, 0.15) is 62.5 Å². The van der Waals surface area contributed by atoms with Crippen LogP contribution in [-0.4, -0.2) is 62.7 Å². The molecule has 0 spiro atoms. The Labute approximate surface area is 221 Å². The standard InChI is InChI=1S/C25H29BrN4O.2C2H6/c1-18(14-19(2)24(26)8-11-28-3)17-30-12-9-20(10-13-30)23-7-6-21(15-22(23)16-27)25(31)29(4)5;2*1-2/h6-9,11,14-15H,2,10,12-13,17H2,1,3-5H3;2*1-2H3/b18-14+,24-8+,28-11?;;. The molecule has 2 rings (SSSR count). The molecule has 1 aliphatic heterocycles. The SMILES string of the molecule is C=C(/C=C(\C)CN1CC=C(c2ccc(C(=O)N(C)C)cc2C#N)CC1)/C(Br)=C\C=NC.CC.CC. The maximum atomic E-state index is 12.2. The third-order valence-corrected chi connectivity index (χ3v) is 5.78. The Kier molecular flexibility index (Phi) is 16.3. The monoisotopic (exact) mass is 540 g/mol. The molecular formula is C29H41BrN4O. The fraction of sp³-hybridized carbons (Fsp3) is 0.414. The molecule has 1 heterocycles. The number of nitriles is 1. The van der Waals surface area contributed by atoms with Gasteiger partial charge in [-0.05, 0) is 48.3 Å². The molecular weight excluding hydrogens is 500 g/mol. The lowest BCUT2D eigenvalue weighted by molar-refractivity contribution is 0.0827. The van der Waals surface area contributed by atoms with Gasteiger partial charge in [0.1, 0.15) is 0 Å². The van der Waals surface area contributed by atoms with E-state index in [2.05, 4.69) is 57.5 Å². The summed E-state index contributed by atoms with van der Waals surface area (Å²) in [6.45, 7) is 16.8. The lowest BCUT2D eigenvalue weighted by atomic mass is 9.93. The molecule has 1 aliphatic rings. The number of hydrogen-bond donors (Lipinski definition) is 0. The molecule has 0 aliphatic carbocycles. The number of amides is 1. The molecule has 1 aromatic carbocycles. The minimum atomic E-state index is -0.0980. The molecule has 190 valence electrons. The fourth-order valence-electron chi connectivity index (χ4n) is 3.42. The zero-order valence-corrected chi connectivity index (χ0v) is 24.2. The van der Waals surface area contributed by atoms with Crippen LogP contribution in [-0.2, 0) is 0 Å². The molecule has 0 aromatic heterocycles. The van der Waals surface area contributed by atoms with Crippen molar-refractivity contribution in [3.05, 3.63) is 75.3 Å². The Bertz CT molecular complexity index is 1010. The summed E-state index contributed by atoms with van der Waals surface area (Å²) < 4.78 is 0.915. The number of carbonyl (C=O) groups is 1. The first kappa shape index (κ1) is 32.2. The highest BCUT2D eigenvalue weighted by Crippen LogP contribution is 2.27. The van der Waals surface area contributed by atoms with Gasteiger partial charge in [0, 0.05) is 57.0 Å². The van der Waals surface area contributed by atoms with Crippen molar-refractivity contribution in [2.45, 2.75) is 41.0 Å². The minimum Gasteiger partial charge on any atom is -0.345 e. The normalized spacial score (nSPS) is 14.1. The van der Waals surface area contributed by atoms with E-state index in [0.717, 1.165) is 47.2 Å². The summed E-state index contributed by atoms with van der Waals surface area (Å²) in [4.78, 5) is 20.0. The molecule has 5 nitrogen and oxygen atoms in total. The van der Waals surface area contributed by atoms with Crippen LogP contribution in [0.5, 0.6) is 0 Å². The molecule has 1 amide bonds. The number of hydrogen-bond acceptors (Lipinski definition) is 4. The van der Waals surface area contributed by atoms with Crippen molar-refractivity contribution >= 4 is 33.6 Å². The predicted octanol–water partition coefficient (Wildman–Crippen LogP) is 6.88. The van der Waals surface area contributed by atoms with Crippen molar-refractivity contribution in [1.29, 1.82) is 5.26 Å². The zero-order valence-electron chi connectivity index (χ0n) is 22.7. The van der Waals surface area contributed by atoms with Gasteiger partial charge in [0.15, 0.2) is 0 Å². The lowest BCUT2D eigenvalue weighted by Gasteiger charge is -2.27. The summed E-state index contributed by atoms with van der Waals surface area (Å²) in [5.74, 6) is -0.0980. The number of aliphatic imine (C=N–C) groups is 1. The summed E-state index contributed by atoms with van der Waals surface area (Å²) in [7, 11) is 5.15. The van der Waals surface area contributed by atoms with Crippen molar-refractivity contribution in [3.8, 4) is 6.07 Å². The van der Waals surface area contributed by atoms with Crippen molar-refractivity contribution in [2.75, 3.05) is 40.8 Å². The summed E-state index contributed by atoms with van der Waals surface area (Å²) >= 11 is 3.52. The Hall–Kier alpha value is -2.75. The number of halogens is 1. The second-order valence-corrected chi connectivity index (χ2v) is 8.58. The number of carbonyl (C=O) groups excluding carboxylic acids is 1. The van der Waals surface area contributed by atoms with Gasteiger partial charge < -0.3 is 4.90 Å². The first-order valence-corrected chi connectivity index (χ1v) is 12.9. The molecule has 0 saturated heterocycles. The molecule has 0 fully saturated rings. The van der Waals surface area contributed by atoms with Gasteiger partial charge in [-0.25, -0.2) is 0 Å².